The van der Waals surface area contributed by atoms with Gasteiger partial charge in [0.2, 0.25) is 0 Å². The molecule has 0 saturated heterocycles. The summed E-state index contributed by atoms with van der Waals surface area (Å²) in [6, 6.07) is 0. The highest BCUT2D eigenvalue weighted by molar-refractivity contribution is 5.69. The summed E-state index contributed by atoms with van der Waals surface area (Å²) in [6.07, 6.45) is 34.5. The van der Waals surface area contributed by atoms with Crippen LogP contribution in [0.5, 0.6) is 0 Å². The molecule has 1 atom stereocenters. The standard InChI is InChI=1S/C35H67NO4/c1-4-5-6-7-21-24-28-33(40-35(39)31-27-32-36(2)3)29-25-22-19-17-15-13-11-9-8-10-12-14-16-18-20-23-26-30-34(37)38/h10,12,33H,4-9,11,13-32H2,1-3H3,(H,37,38). The maximum atomic E-state index is 12.4. The monoisotopic (exact) mass is 566 g/mol. The predicted molar refractivity (Wildman–Crippen MR) is 171 cm³/mol. The van der Waals surface area contributed by atoms with Gasteiger partial charge in [-0.1, -0.05) is 109 Å². The van der Waals surface area contributed by atoms with E-state index in [4.69, 9.17) is 9.84 Å². The van der Waals surface area contributed by atoms with Crippen molar-refractivity contribution in [1.82, 2.24) is 4.90 Å². The average molecular weight is 566 g/mol. The Balaban J connectivity index is 3.76. The second-order valence-electron chi connectivity index (χ2n) is 12.2. The fourth-order valence-electron chi connectivity index (χ4n) is 5.20. The first-order valence-electron chi connectivity index (χ1n) is 17.2. The molecule has 0 saturated carbocycles. The van der Waals surface area contributed by atoms with Crippen molar-refractivity contribution >= 4 is 11.9 Å². The number of hydrogen-bond donors (Lipinski definition) is 1. The Morgan fingerprint density at radius 3 is 1.55 bits per heavy atom. The molecule has 0 aliphatic carbocycles. The Bertz CT molecular complexity index is 590. The Kier molecular flexibility index (Phi) is 29.6. The molecule has 236 valence electrons. The molecule has 0 aromatic rings. The average Bonchev–Trinajstić information content (AvgIpc) is 2.91. The molecule has 0 amide bonds. The van der Waals surface area contributed by atoms with E-state index < -0.39 is 5.97 Å². The molecule has 0 spiro atoms. The smallest absolute Gasteiger partial charge is 0.306 e. The number of esters is 1. The molecular formula is C35H67NO4. The first-order chi connectivity index (χ1) is 19.5. The highest BCUT2D eigenvalue weighted by Crippen LogP contribution is 2.18. The van der Waals surface area contributed by atoms with Crippen molar-refractivity contribution < 1.29 is 19.4 Å². The van der Waals surface area contributed by atoms with E-state index in [0.29, 0.717) is 12.8 Å². The maximum Gasteiger partial charge on any atom is 0.306 e. The fourth-order valence-corrected chi connectivity index (χ4v) is 5.20. The van der Waals surface area contributed by atoms with Crippen LogP contribution in [0, 0.1) is 0 Å². The highest BCUT2D eigenvalue weighted by Gasteiger charge is 2.14. The van der Waals surface area contributed by atoms with Crippen LogP contribution in [0.25, 0.3) is 0 Å². The molecular weight excluding hydrogens is 498 g/mol. The summed E-state index contributed by atoms with van der Waals surface area (Å²) < 4.78 is 5.92. The summed E-state index contributed by atoms with van der Waals surface area (Å²) in [4.78, 5) is 25.0. The van der Waals surface area contributed by atoms with Gasteiger partial charge in [-0.2, -0.15) is 0 Å². The van der Waals surface area contributed by atoms with Gasteiger partial charge in [0, 0.05) is 12.8 Å². The van der Waals surface area contributed by atoms with Crippen LogP contribution in [-0.4, -0.2) is 48.7 Å². The Hall–Kier alpha value is -1.36. The van der Waals surface area contributed by atoms with Crippen molar-refractivity contribution in [3.8, 4) is 0 Å². The third-order valence-electron chi connectivity index (χ3n) is 7.74. The van der Waals surface area contributed by atoms with Gasteiger partial charge in [0.25, 0.3) is 0 Å². The lowest BCUT2D eigenvalue weighted by atomic mass is 10.0. The van der Waals surface area contributed by atoms with Crippen molar-refractivity contribution in [2.45, 2.75) is 180 Å². The minimum Gasteiger partial charge on any atom is -0.481 e. The normalized spacial score (nSPS) is 12.4. The Morgan fingerprint density at radius 1 is 0.625 bits per heavy atom. The predicted octanol–water partition coefficient (Wildman–Crippen LogP) is 10.3. The molecule has 0 aliphatic heterocycles. The largest absolute Gasteiger partial charge is 0.481 e. The van der Waals surface area contributed by atoms with E-state index in [-0.39, 0.29) is 12.1 Å². The summed E-state index contributed by atoms with van der Waals surface area (Å²) in [5.74, 6) is -0.675. The van der Waals surface area contributed by atoms with Crippen molar-refractivity contribution in [1.29, 1.82) is 0 Å². The zero-order valence-corrected chi connectivity index (χ0v) is 26.9. The van der Waals surface area contributed by atoms with E-state index in [9.17, 15) is 9.59 Å². The van der Waals surface area contributed by atoms with E-state index in [2.05, 4.69) is 24.0 Å². The molecule has 1 N–H and O–H groups in total. The van der Waals surface area contributed by atoms with Crippen LogP contribution in [0.15, 0.2) is 12.2 Å². The number of rotatable bonds is 31. The maximum absolute atomic E-state index is 12.4. The van der Waals surface area contributed by atoms with Gasteiger partial charge in [0.1, 0.15) is 6.10 Å². The summed E-state index contributed by atoms with van der Waals surface area (Å²) in [5.41, 5.74) is 0. The van der Waals surface area contributed by atoms with Crippen molar-refractivity contribution in [2.24, 2.45) is 0 Å². The van der Waals surface area contributed by atoms with Crippen molar-refractivity contribution in [3.63, 3.8) is 0 Å². The number of nitrogens with zero attached hydrogens (tertiary/aromatic N) is 1. The zero-order chi connectivity index (χ0) is 29.5. The molecule has 0 aromatic heterocycles. The molecule has 0 heterocycles. The number of unbranched alkanes of at least 4 members (excludes halogenated alkanes) is 18. The van der Waals surface area contributed by atoms with Crippen LogP contribution >= 0.6 is 0 Å². The number of carboxylic acids is 1. The van der Waals surface area contributed by atoms with E-state index >= 15 is 0 Å². The third kappa shape index (κ3) is 31.2. The molecule has 0 rings (SSSR count). The van der Waals surface area contributed by atoms with Crippen LogP contribution in [0.4, 0.5) is 0 Å². The van der Waals surface area contributed by atoms with Gasteiger partial charge < -0.3 is 14.7 Å². The lowest BCUT2D eigenvalue weighted by molar-refractivity contribution is -0.150. The van der Waals surface area contributed by atoms with Crippen molar-refractivity contribution in [2.75, 3.05) is 20.6 Å². The van der Waals surface area contributed by atoms with Crippen LogP contribution in [0.1, 0.15) is 174 Å². The first kappa shape index (κ1) is 38.6. The molecule has 0 aromatic carbocycles. The fraction of sp³-hybridized carbons (Fsp3) is 0.886. The Morgan fingerprint density at radius 2 is 1.07 bits per heavy atom. The summed E-state index contributed by atoms with van der Waals surface area (Å²) in [6.45, 7) is 3.20. The zero-order valence-electron chi connectivity index (χ0n) is 26.9. The summed E-state index contributed by atoms with van der Waals surface area (Å²) in [5, 5.41) is 8.64. The third-order valence-corrected chi connectivity index (χ3v) is 7.74. The number of carboxylic acid groups (broad SMARTS) is 1. The van der Waals surface area contributed by atoms with Crippen LogP contribution in [0.3, 0.4) is 0 Å². The first-order valence-corrected chi connectivity index (χ1v) is 17.2. The SMILES string of the molecule is CCCCCCCCC(CCCCCCCCCCC=CCCCCCCCC(=O)O)OC(=O)CCCN(C)C. The molecule has 0 aliphatic rings. The number of hydrogen-bond acceptors (Lipinski definition) is 4. The number of carbonyl (C=O) groups is 2. The molecule has 1 unspecified atom stereocenters. The second-order valence-corrected chi connectivity index (χ2v) is 12.2. The van der Waals surface area contributed by atoms with Gasteiger partial charge in [-0.25, -0.2) is 0 Å². The second kappa shape index (κ2) is 30.6. The summed E-state index contributed by atoms with van der Waals surface area (Å²) in [7, 11) is 4.10. The minimum atomic E-state index is -0.673. The molecule has 0 bridgehead atoms. The van der Waals surface area contributed by atoms with E-state index in [0.717, 1.165) is 51.5 Å². The lowest BCUT2D eigenvalue weighted by Gasteiger charge is -2.18. The van der Waals surface area contributed by atoms with Gasteiger partial charge in [0.15, 0.2) is 0 Å². The van der Waals surface area contributed by atoms with Gasteiger partial charge in [-0.05, 0) is 84.8 Å². The van der Waals surface area contributed by atoms with Gasteiger partial charge in [-0.15, -0.1) is 0 Å². The molecule has 0 radical (unpaired) electrons. The van der Waals surface area contributed by atoms with Gasteiger partial charge in [0.05, 0.1) is 0 Å². The van der Waals surface area contributed by atoms with E-state index in [1.807, 2.05) is 14.1 Å². The number of aliphatic carboxylic acids is 1. The van der Waals surface area contributed by atoms with E-state index in [1.165, 1.54) is 109 Å². The number of carbonyl (C=O) groups excluding carboxylic acids is 1. The Labute approximate surface area is 248 Å². The van der Waals surface area contributed by atoms with Gasteiger partial charge in [-0.3, -0.25) is 9.59 Å². The lowest BCUT2D eigenvalue weighted by Crippen LogP contribution is -2.20. The van der Waals surface area contributed by atoms with E-state index in [1.54, 1.807) is 0 Å². The highest BCUT2D eigenvalue weighted by atomic mass is 16.5. The van der Waals surface area contributed by atoms with Gasteiger partial charge >= 0.3 is 11.9 Å². The van der Waals surface area contributed by atoms with Crippen LogP contribution in [-0.2, 0) is 14.3 Å². The quantitative estimate of drug-likeness (QED) is 0.0514. The number of ether oxygens (including phenoxy) is 1. The molecule has 5 heteroatoms. The topological polar surface area (TPSA) is 66.8 Å². The van der Waals surface area contributed by atoms with Crippen molar-refractivity contribution in [3.05, 3.63) is 12.2 Å². The van der Waals surface area contributed by atoms with Crippen LogP contribution in [0.2, 0.25) is 0 Å². The molecule has 5 nitrogen and oxygen atoms in total. The molecule has 40 heavy (non-hydrogen) atoms. The minimum absolute atomic E-state index is 0.00218. The molecule has 0 fully saturated rings. The van der Waals surface area contributed by atoms with Crippen LogP contribution < -0.4 is 0 Å². The number of allylic oxidation sites excluding steroid dienone is 2. The summed E-state index contributed by atoms with van der Waals surface area (Å²) >= 11 is 0.